The van der Waals surface area contributed by atoms with Crippen LogP contribution >= 0.6 is 0 Å². The molecule has 1 aliphatic rings. The third-order valence-electron chi connectivity index (χ3n) is 3.57. The van der Waals surface area contributed by atoms with Crippen molar-refractivity contribution in [3.05, 3.63) is 30.9 Å². The first-order valence-electron chi connectivity index (χ1n) is 7.09. The molecular weight excluding hydrogens is 292 g/mol. The average Bonchev–Trinajstić information content (AvgIpc) is 2.50. The molecule has 0 aromatic heterocycles. The maximum atomic E-state index is 13.1. The third-order valence-corrected chi connectivity index (χ3v) is 3.57. The van der Waals surface area contributed by atoms with Gasteiger partial charge in [-0.15, -0.1) is 0 Å². The van der Waals surface area contributed by atoms with Gasteiger partial charge in [0.1, 0.15) is 0 Å². The Morgan fingerprint density at radius 2 is 2.05 bits per heavy atom. The van der Waals surface area contributed by atoms with Gasteiger partial charge in [0, 0.05) is 24.6 Å². The van der Waals surface area contributed by atoms with Crippen LogP contribution in [0.2, 0.25) is 0 Å². The van der Waals surface area contributed by atoms with Gasteiger partial charge in [0.2, 0.25) is 11.8 Å². The van der Waals surface area contributed by atoms with E-state index < -0.39 is 5.92 Å². The van der Waals surface area contributed by atoms with E-state index in [-0.39, 0.29) is 24.9 Å². The number of alkyl halides is 2. The minimum absolute atomic E-state index is 0.159. The summed E-state index contributed by atoms with van der Waals surface area (Å²) in [5.74, 6) is -1.98. The normalized spacial score (nSPS) is 17.6. The summed E-state index contributed by atoms with van der Waals surface area (Å²) in [6.07, 6.45) is 1.22. The Hall–Kier alpha value is -2.11. The van der Waals surface area contributed by atoms with Crippen LogP contribution in [0.5, 0.6) is 11.5 Å². The highest BCUT2D eigenvalue weighted by molar-refractivity contribution is 5.99. The summed E-state index contributed by atoms with van der Waals surface area (Å²) in [4.78, 5) is 11.3. The van der Waals surface area contributed by atoms with Gasteiger partial charge in [-0.2, -0.15) is 0 Å². The SMILES string of the molecule is C=CC(=O)Nc1ccc(OC2CCC(F)(F)CC2)c(OC)c1. The summed E-state index contributed by atoms with van der Waals surface area (Å²) >= 11 is 0. The molecule has 0 radical (unpaired) electrons. The van der Waals surface area contributed by atoms with E-state index in [2.05, 4.69) is 11.9 Å². The Labute approximate surface area is 128 Å². The van der Waals surface area contributed by atoms with E-state index in [4.69, 9.17) is 9.47 Å². The van der Waals surface area contributed by atoms with Crippen molar-refractivity contribution in [1.82, 2.24) is 0 Å². The first-order valence-corrected chi connectivity index (χ1v) is 7.09. The smallest absolute Gasteiger partial charge is 0.248 e. The van der Waals surface area contributed by atoms with E-state index in [1.807, 2.05) is 0 Å². The highest BCUT2D eigenvalue weighted by Crippen LogP contribution is 2.37. The highest BCUT2D eigenvalue weighted by atomic mass is 19.3. The lowest BCUT2D eigenvalue weighted by Gasteiger charge is -2.29. The molecule has 0 spiro atoms. The monoisotopic (exact) mass is 311 g/mol. The van der Waals surface area contributed by atoms with Crippen molar-refractivity contribution >= 4 is 11.6 Å². The minimum atomic E-state index is -2.58. The van der Waals surface area contributed by atoms with Crippen molar-refractivity contribution in [2.24, 2.45) is 0 Å². The van der Waals surface area contributed by atoms with Crippen LogP contribution in [-0.2, 0) is 4.79 Å². The molecule has 2 rings (SSSR count). The van der Waals surface area contributed by atoms with E-state index in [0.717, 1.165) is 0 Å². The van der Waals surface area contributed by atoms with Gasteiger partial charge in [-0.1, -0.05) is 6.58 Å². The predicted octanol–water partition coefficient (Wildman–Crippen LogP) is 3.78. The topological polar surface area (TPSA) is 47.6 Å². The number of anilines is 1. The number of hydrogen-bond acceptors (Lipinski definition) is 3. The van der Waals surface area contributed by atoms with Crippen LogP contribution in [0.3, 0.4) is 0 Å². The second-order valence-corrected chi connectivity index (χ2v) is 5.23. The van der Waals surface area contributed by atoms with Crippen LogP contribution in [0.25, 0.3) is 0 Å². The number of carbonyl (C=O) groups excluding carboxylic acids is 1. The van der Waals surface area contributed by atoms with Crippen LogP contribution in [0.4, 0.5) is 14.5 Å². The molecule has 1 aliphatic carbocycles. The molecule has 4 nitrogen and oxygen atoms in total. The molecular formula is C16H19F2NO3. The van der Waals surface area contributed by atoms with Crippen LogP contribution < -0.4 is 14.8 Å². The van der Waals surface area contributed by atoms with E-state index in [9.17, 15) is 13.6 Å². The van der Waals surface area contributed by atoms with Crippen LogP contribution in [0, 0.1) is 0 Å². The van der Waals surface area contributed by atoms with Crippen molar-refractivity contribution in [1.29, 1.82) is 0 Å². The number of halogens is 2. The zero-order valence-corrected chi connectivity index (χ0v) is 12.4. The fourth-order valence-electron chi connectivity index (χ4n) is 2.35. The molecule has 0 heterocycles. The van der Waals surface area contributed by atoms with Crippen molar-refractivity contribution in [3.63, 3.8) is 0 Å². The van der Waals surface area contributed by atoms with E-state index in [1.54, 1.807) is 18.2 Å². The van der Waals surface area contributed by atoms with Gasteiger partial charge in [-0.3, -0.25) is 4.79 Å². The molecule has 0 aliphatic heterocycles. The number of benzene rings is 1. The van der Waals surface area contributed by atoms with Gasteiger partial charge in [0.15, 0.2) is 11.5 Å². The lowest BCUT2D eigenvalue weighted by Crippen LogP contribution is -2.30. The molecule has 0 atom stereocenters. The second kappa shape index (κ2) is 6.77. The summed E-state index contributed by atoms with van der Waals surface area (Å²) in [6.45, 7) is 3.38. The average molecular weight is 311 g/mol. The molecule has 1 aromatic rings. The minimum Gasteiger partial charge on any atom is -0.493 e. The molecule has 1 amide bonds. The van der Waals surface area contributed by atoms with Crippen LogP contribution in [0.15, 0.2) is 30.9 Å². The third kappa shape index (κ3) is 4.19. The van der Waals surface area contributed by atoms with Crippen LogP contribution in [0.1, 0.15) is 25.7 Å². The predicted molar refractivity (Wildman–Crippen MR) is 79.7 cm³/mol. The van der Waals surface area contributed by atoms with E-state index >= 15 is 0 Å². The fraction of sp³-hybridized carbons (Fsp3) is 0.438. The molecule has 0 saturated heterocycles. The largest absolute Gasteiger partial charge is 0.493 e. The van der Waals surface area contributed by atoms with Gasteiger partial charge in [-0.25, -0.2) is 8.78 Å². The standard InChI is InChI=1S/C16H19F2NO3/c1-3-15(20)19-11-4-5-13(14(10-11)21-2)22-12-6-8-16(17,18)9-7-12/h3-5,10,12H,1,6-9H2,2H3,(H,19,20). The Bertz CT molecular complexity index is 550. The zero-order chi connectivity index (χ0) is 16.2. The molecule has 1 saturated carbocycles. The first kappa shape index (κ1) is 16.3. The van der Waals surface area contributed by atoms with Crippen molar-refractivity contribution in [2.45, 2.75) is 37.7 Å². The lowest BCUT2D eigenvalue weighted by molar-refractivity contribution is -0.111. The number of amides is 1. The number of carbonyl (C=O) groups is 1. The maximum Gasteiger partial charge on any atom is 0.248 e. The Kier molecular flexibility index (Phi) is 5.00. The van der Waals surface area contributed by atoms with Gasteiger partial charge < -0.3 is 14.8 Å². The Morgan fingerprint density at radius 1 is 1.36 bits per heavy atom. The quantitative estimate of drug-likeness (QED) is 0.842. The molecule has 0 unspecified atom stereocenters. The van der Waals surface area contributed by atoms with Crippen LogP contribution in [-0.4, -0.2) is 25.0 Å². The molecule has 0 bridgehead atoms. The van der Waals surface area contributed by atoms with Gasteiger partial charge in [0.25, 0.3) is 0 Å². The summed E-state index contributed by atoms with van der Waals surface area (Å²) < 4.78 is 37.3. The molecule has 1 fully saturated rings. The number of nitrogens with one attached hydrogen (secondary N) is 1. The number of hydrogen-bond donors (Lipinski definition) is 1. The molecule has 120 valence electrons. The molecule has 22 heavy (non-hydrogen) atoms. The summed E-state index contributed by atoms with van der Waals surface area (Å²) in [5.41, 5.74) is 0.546. The van der Waals surface area contributed by atoms with E-state index in [1.165, 1.54) is 13.2 Å². The van der Waals surface area contributed by atoms with Gasteiger partial charge in [-0.05, 0) is 31.1 Å². The van der Waals surface area contributed by atoms with E-state index in [0.29, 0.717) is 30.0 Å². The molecule has 1 N–H and O–H groups in total. The van der Waals surface area contributed by atoms with Crippen molar-refractivity contribution < 1.29 is 23.0 Å². The highest BCUT2D eigenvalue weighted by Gasteiger charge is 2.35. The van der Waals surface area contributed by atoms with Gasteiger partial charge >= 0.3 is 0 Å². The second-order valence-electron chi connectivity index (χ2n) is 5.23. The number of methoxy groups -OCH3 is 1. The maximum absolute atomic E-state index is 13.1. The number of rotatable bonds is 5. The Morgan fingerprint density at radius 3 is 2.64 bits per heavy atom. The van der Waals surface area contributed by atoms with Crippen molar-refractivity contribution in [2.75, 3.05) is 12.4 Å². The molecule has 1 aromatic carbocycles. The van der Waals surface area contributed by atoms with Gasteiger partial charge in [0.05, 0.1) is 13.2 Å². The summed E-state index contributed by atoms with van der Waals surface area (Å²) in [5, 5.41) is 2.62. The fourth-order valence-corrected chi connectivity index (χ4v) is 2.35. The summed E-state index contributed by atoms with van der Waals surface area (Å²) in [7, 11) is 1.48. The zero-order valence-electron chi connectivity index (χ0n) is 12.4. The number of ether oxygens (including phenoxy) is 2. The lowest BCUT2D eigenvalue weighted by atomic mass is 9.94. The molecule has 6 heteroatoms. The first-order chi connectivity index (χ1) is 10.4. The Balaban J connectivity index is 2.05. The summed E-state index contributed by atoms with van der Waals surface area (Å²) in [6, 6.07) is 4.94. The van der Waals surface area contributed by atoms with Crippen molar-refractivity contribution in [3.8, 4) is 11.5 Å².